The minimum absolute atomic E-state index is 0.0448. The number of hydrogen-bond acceptors (Lipinski definition) is 4. The highest BCUT2D eigenvalue weighted by Crippen LogP contribution is 2.05. The van der Waals surface area contributed by atoms with Crippen molar-refractivity contribution in [3.63, 3.8) is 0 Å². The highest BCUT2D eigenvalue weighted by Gasteiger charge is 2.13. The number of nitrogens with one attached hydrogen (secondary N) is 1. The molecule has 0 aliphatic heterocycles. The van der Waals surface area contributed by atoms with Gasteiger partial charge in [0.15, 0.2) is 0 Å². The smallest absolute Gasteiger partial charge is 0.246 e. The van der Waals surface area contributed by atoms with E-state index in [1.54, 1.807) is 13.1 Å². The summed E-state index contributed by atoms with van der Waals surface area (Å²) in [5, 5.41) is 2.66. The maximum atomic E-state index is 11.4. The molecule has 1 aromatic heterocycles. The van der Waals surface area contributed by atoms with Gasteiger partial charge in [-0.2, -0.15) is 0 Å². The molecule has 1 N–H and O–H groups in total. The minimum Gasteiger partial charge on any atom is -0.444 e. The first-order chi connectivity index (χ1) is 7.37. The largest absolute Gasteiger partial charge is 0.444 e. The zero-order valence-electron chi connectivity index (χ0n) is 10.2. The third-order valence-electron chi connectivity index (χ3n) is 1.74. The second-order valence-corrected chi connectivity index (χ2v) is 4.54. The first-order valence-corrected chi connectivity index (χ1v) is 5.19. The number of aryl methyl sites for hydroxylation is 1. The molecule has 1 aromatic rings. The zero-order valence-corrected chi connectivity index (χ0v) is 10.2. The molecule has 0 atom stereocenters. The zero-order chi connectivity index (χ0) is 12.2. The van der Waals surface area contributed by atoms with Gasteiger partial charge in [0.2, 0.25) is 11.8 Å². The van der Waals surface area contributed by atoms with Crippen LogP contribution in [0.5, 0.6) is 0 Å². The van der Waals surface area contributed by atoms with Gasteiger partial charge in [-0.15, -0.1) is 0 Å². The molecule has 1 amide bonds. The first-order valence-electron chi connectivity index (χ1n) is 5.19. The summed E-state index contributed by atoms with van der Waals surface area (Å²) in [6.45, 7) is 7.84. The van der Waals surface area contributed by atoms with Gasteiger partial charge in [-0.1, -0.05) is 0 Å². The van der Waals surface area contributed by atoms with Crippen LogP contribution in [-0.2, 0) is 16.1 Å². The van der Waals surface area contributed by atoms with Gasteiger partial charge in [0.1, 0.15) is 12.4 Å². The van der Waals surface area contributed by atoms with E-state index < -0.39 is 0 Å². The molecule has 1 heterocycles. The van der Waals surface area contributed by atoms with E-state index in [0.717, 1.165) is 5.76 Å². The number of oxazole rings is 1. The lowest BCUT2D eigenvalue weighted by Crippen LogP contribution is -2.31. The normalized spacial score (nSPS) is 11.5. The van der Waals surface area contributed by atoms with Gasteiger partial charge in [0, 0.05) is 0 Å². The van der Waals surface area contributed by atoms with Crippen LogP contribution in [0.15, 0.2) is 10.6 Å². The molecule has 0 aromatic carbocycles. The van der Waals surface area contributed by atoms with Gasteiger partial charge >= 0.3 is 0 Å². The monoisotopic (exact) mass is 226 g/mol. The molecule has 0 saturated carbocycles. The van der Waals surface area contributed by atoms with Crippen molar-refractivity contribution in [1.82, 2.24) is 10.3 Å². The molecule has 0 bridgehead atoms. The lowest BCUT2D eigenvalue weighted by Gasteiger charge is -2.18. The van der Waals surface area contributed by atoms with Crippen LogP contribution in [-0.4, -0.2) is 23.1 Å². The van der Waals surface area contributed by atoms with E-state index >= 15 is 0 Å². The third-order valence-corrected chi connectivity index (χ3v) is 1.74. The molecule has 90 valence electrons. The van der Waals surface area contributed by atoms with Gasteiger partial charge < -0.3 is 14.5 Å². The number of hydrogen-bond donors (Lipinski definition) is 1. The predicted molar refractivity (Wildman–Crippen MR) is 58.8 cm³/mol. The van der Waals surface area contributed by atoms with Crippen LogP contribution in [0.1, 0.15) is 32.4 Å². The number of aromatic nitrogens is 1. The van der Waals surface area contributed by atoms with Crippen molar-refractivity contribution in [2.45, 2.75) is 39.8 Å². The molecule has 1 rings (SSSR count). The van der Waals surface area contributed by atoms with Crippen molar-refractivity contribution in [2.75, 3.05) is 6.61 Å². The van der Waals surface area contributed by atoms with E-state index in [1.807, 2.05) is 20.8 Å². The van der Waals surface area contributed by atoms with Crippen LogP contribution in [0.4, 0.5) is 0 Å². The fourth-order valence-corrected chi connectivity index (χ4v) is 0.990. The summed E-state index contributed by atoms with van der Waals surface area (Å²) in [7, 11) is 0. The standard InChI is InChI=1S/C11H18N2O3/c1-8-5-13-10(16-8)6-12-9(14)7-15-11(2,3)4/h5H,6-7H2,1-4H3,(H,12,14). The molecule has 16 heavy (non-hydrogen) atoms. The number of rotatable bonds is 4. The number of ether oxygens (including phenoxy) is 1. The molecule has 5 nitrogen and oxygen atoms in total. The Balaban J connectivity index is 2.25. The van der Waals surface area contributed by atoms with Crippen molar-refractivity contribution >= 4 is 5.91 Å². The predicted octanol–water partition coefficient (Wildman–Crippen LogP) is 1.41. The molecule has 0 saturated heterocycles. The highest BCUT2D eigenvalue weighted by atomic mass is 16.5. The number of nitrogens with zero attached hydrogens (tertiary/aromatic N) is 1. The summed E-state index contributed by atoms with van der Waals surface area (Å²) < 4.78 is 10.5. The van der Waals surface area contributed by atoms with Crippen molar-refractivity contribution < 1.29 is 13.9 Å². The van der Waals surface area contributed by atoms with Crippen molar-refractivity contribution in [3.05, 3.63) is 17.8 Å². The summed E-state index contributed by atoms with van der Waals surface area (Å²) in [6.07, 6.45) is 1.62. The van der Waals surface area contributed by atoms with Crippen LogP contribution in [0.25, 0.3) is 0 Å². The topological polar surface area (TPSA) is 64.4 Å². The fraction of sp³-hybridized carbons (Fsp3) is 0.636. The molecule has 0 unspecified atom stereocenters. The molecule has 0 radical (unpaired) electrons. The molecular weight excluding hydrogens is 208 g/mol. The number of amides is 1. The van der Waals surface area contributed by atoms with Gasteiger partial charge in [0.05, 0.1) is 18.3 Å². The lowest BCUT2D eigenvalue weighted by molar-refractivity contribution is -0.130. The summed E-state index contributed by atoms with van der Waals surface area (Å²) in [4.78, 5) is 15.3. The summed E-state index contributed by atoms with van der Waals surface area (Å²) >= 11 is 0. The van der Waals surface area contributed by atoms with Crippen LogP contribution in [0.3, 0.4) is 0 Å². The third kappa shape index (κ3) is 4.93. The van der Waals surface area contributed by atoms with E-state index in [0.29, 0.717) is 12.4 Å². The van der Waals surface area contributed by atoms with Crippen LogP contribution < -0.4 is 5.32 Å². The highest BCUT2D eigenvalue weighted by molar-refractivity contribution is 5.77. The Hall–Kier alpha value is -1.36. The Morgan fingerprint density at radius 2 is 2.25 bits per heavy atom. The average molecular weight is 226 g/mol. The Morgan fingerprint density at radius 3 is 2.75 bits per heavy atom. The fourth-order valence-electron chi connectivity index (χ4n) is 0.990. The Morgan fingerprint density at radius 1 is 1.56 bits per heavy atom. The van der Waals surface area contributed by atoms with Gasteiger partial charge in [-0.3, -0.25) is 4.79 Å². The molecule has 0 aliphatic rings. The van der Waals surface area contributed by atoms with Gasteiger partial charge in [-0.05, 0) is 27.7 Å². The average Bonchev–Trinajstić information content (AvgIpc) is 2.57. The summed E-state index contributed by atoms with van der Waals surface area (Å²) in [6, 6.07) is 0. The van der Waals surface area contributed by atoms with Gasteiger partial charge in [-0.25, -0.2) is 4.98 Å². The quantitative estimate of drug-likeness (QED) is 0.843. The van der Waals surface area contributed by atoms with E-state index in [-0.39, 0.29) is 18.1 Å². The van der Waals surface area contributed by atoms with E-state index in [1.165, 1.54) is 0 Å². The number of carbonyl (C=O) groups is 1. The molecule has 0 spiro atoms. The van der Waals surface area contributed by atoms with Crippen LogP contribution >= 0.6 is 0 Å². The maximum Gasteiger partial charge on any atom is 0.246 e. The van der Waals surface area contributed by atoms with Crippen molar-refractivity contribution in [2.24, 2.45) is 0 Å². The van der Waals surface area contributed by atoms with Crippen molar-refractivity contribution in [3.8, 4) is 0 Å². The Bertz CT molecular complexity index is 352. The molecule has 5 heteroatoms. The van der Waals surface area contributed by atoms with E-state index in [9.17, 15) is 4.79 Å². The van der Waals surface area contributed by atoms with Gasteiger partial charge in [0.25, 0.3) is 0 Å². The second-order valence-electron chi connectivity index (χ2n) is 4.54. The second kappa shape index (κ2) is 5.12. The summed E-state index contributed by atoms with van der Waals surface area (Å²) in [5.41, 5.74) is -0.309. The van der Waals surface area contributed by atoms with E-state index in [4.69, 9.17) is 9.15 Å². The minimum atomic E-state index is -0.309. The first kappa shape index (κ1) is 12.7. The van der Waals surface area contributed by atoms with Crippen LogP contribution in [0.2, 0.25) is 0 Å². The molecule has 0 fully saturated rings. The van der Waals surface area contributed by atoms with Crippen LogP contribution in [0, 0.1) is 6.92 Å². The maximum absolute atomic E-state index is 11.4. The molecule has 0 aliphatic carbocycles. The lowest BCUT2D eigenvalue weighted by atomic mass is 10.2. The Kier molecular flexibility index (Phi) is 4.06. The SMILES string of the molecule is Cc1cnc(CNC(=O)COC(C)(C)C)o1. The van der Waals surface area contributed by atoms with E-state index in [2.05, 4.69) is 10.3 Å². The number of carbonyl (C=O) groups excluding carboxylic acids is 1. The van der Waals surface area contributed by atoms with Crippen molar-refractivity contribution in [1.29, 1.82) is 0 Å². The summed E-state index contributed by atoms with van der Waals surface area (Å²) in [5.74, 6) is 1.06. The molecular formula is C11H18N2O3. The Labute approximate surface area is 95.2 Å².